The molecule has 1 amide bonds. The first-order valence-electron chi connectivity index (χ1n) is 9.58. The van der Waals surface area contributed by atoms with Crippen molar-refractivity contribution in [3.63, 3.8) is 0 Å². The molecule has 1 aliphatic heterocycles. The van der Waals surface area contributed by atoms with Crippen LogP contribution in [0.25, 0.3) is 6.08 Å². The summed E-state index contributed by atoms with van der Waals surface area (Å²) < 4.78 is 10.9. The topological polar surface area (TPSA) is 54.9 Å². The first-order valence-corrected chi connectivity index (χ1v) is 9.58. The van der Waals surface area contributed by atoms with Crippen LogP contribution in [0.1, 0.15) is 18.1 Å². The van der Waals surface area contributed by atoms with E-state index >= 15 is 0 Å². The predicted octanol–water partition coefficient (Wildman–Crippen LogP) is 2.85. The Balaban J connectivity index is 1.52. The fourth-order valence-corrected chi connectivity index (χ4v) is 3.21. The Kier molecular flexibility index (Phi) is 7.03. The van der Waals surface area contributed by atoms with Gasteiger partial charge in [0, 0.05) is 51.2 Å². The molecule has 0 bridgehead atoms. The minimum absolute atomic E-state index is 0.0360. The molecule has 1 aromatic heterocycles. The van der Waals surface area contributed by atoms with Crippen molar-refractivity contribution >= 4 is 12.0 Å². The lowest BCUT2D eigenvalue weighted by Crippen LogP contribution is -2.47. The molecule has 2 heterocycles. The number of amides is 1. The number of carbonyl (C=O) groups is 1. The molecule has 0 aliphatic carbocycles. The van der Waals surface area contributed by atoms with Crippen molar-refractivity contribution < 1.29 is 14.3 Å². The third-order valence-corrected chi connectivity index (χ3v) is 4.72. The molecular weight excluding hydrogens is 354 g/mol. The number of rotatable bonds is 7. The number of benzene rings is 1. The Morgan fingerprint density at radius 3 is 2.68 bits per heavy atom. The van der Waals surface area contributed by atoms with Gasteiger partial charge < -0.3 is 14.4 Å². The summed E-state index contributed by atoms with van der Waals surface area (Å²) in [5.74, 6) is 1.41. The highest BCUT2D eigenvalue weighted by Crippen LogP contribution is 2.28. The molecular formula is C22H27N3O3. The van der Waals surface area contributed by atoms with Crippen LogP contribution in [0, 0.1) is 0 Å². The molecule has 6 heteroatoms. The monoisotopic (exact) mass is 381 g/mol. The van der Waals surface area contributed by atoms with Gasteiger partial charge in [0.1, 0.15) is 0 Å². The Bertz CT molecular complexity index is 800. The van der Waals surface area contributed by atoms with Crippen molar-refractivity contribution in [1.82, 2.24) is 14.8 Å². The summed E-state index contributed by atoms with van der Waals surface area (Å²) in [6.07, 6.45) is 7.13. The Morgan fingerprint density at radius 1 is 1.18 bits per heavy atom. The molecule has 3 rings (SSSR count). The summed E-state index contributed by atoms with van der Waals surface area (Å²) >= 11 is 0. The Labute approximate surface area is 166 Å². The second-order valence-corrected chi connectivity index (χ2v) is 6.64. The molecule has 1 fully saturated rings. The van der Waals surface area contributed by atoms with Crippen LogP contribution in [-0.4, -0.2) is 60.6 Å². The molecule has 0 N–H and O–H groups in total. The molecule has 1 saturated heterocycles. The van der Waals surface area contributed by atoms with Gasteiger partial charge in [0.05, 0.1) is 13.7 Å². The normalized spacial score (nSPS) is 15.0. The number of hydrogen-bond donors (Lipinski definition) is 0. The molecule has 0 unspecified atom stereocenters. The highest BCUT2D eigenvalue weighted by atomic mass is 16.5. The van der Waals surface area contributed by atoms with E-state index in [0.29, 0.717) is 18.1 Å². The molecule has 2 aromatic rings. The number of aromatic nitrogens is 1. The summed E-state index contributed by atoms with van der Waals surface area (Å²) in [7, 11) is 1.61. The first kappa shape index (κ1) is 19.9. The highest BCUT2D eigenvalue weighted by molar-refractivity contribution is 5.92. The number of nitrogens with zero attached hydrogens (tertiary/aromatic N) is 3. The van der Waals surface area contributed by atoms with Crippen molar-refractivity contribution in [2.75, 3.05) is 39.9 Å². The summed E-state index contributed by atoms with van der Waals surface area (Å²) in [6.45, 7) is 6.58. The van der Waals surface area contributed by atoms with Gasteiger partial charge in [-0.05, 0) is 42.3 Å². The number of ether oxygens (including phenoxy) is 2. The summed E-state index contributed by atoms with van der Waals surface area (Å²) in [4.78, 5) is 20.9. The van der Waals surface area contributed by atoms with Gasteiger partial charge in [0.25, 0.3) is 0 Å². The predicted molar refractivity (Wildman–Crippen MR) is 109 cm³/mol. The molecule has 0 radical (unpaired) electrons. The second-order valence-electron chi connectivity index (χ2n) is 6.64. The van der Waals surface area contributed by atoms with E-state index in [4.69, 9.17) is 9.47 Å². The third kappa shape index (κ3) is 5.33. The van der Waals surface area contributed by atoms with Gasteiger partial charge in [-0.3, -0.25) is 14.7 Å². The van der Waals surface area contributed by atoms with E-state index < -0.39 is 0 Å². The number of methoxy groups -OCH3 is 1. The maximum absolute atomic E-state index is 12.5. The van der Waals surface area contributed by atoms with Gasteiger partial charge in [-0.15, -0.1) is 0 Å². The van der Waals surface area contributed by atoms with Crippen LogP contribution in [-0.2, 0) is 11.3 Å². The average Bonchev–Trinajstić information content (AvgIpc) is 2.74. The first-order chi connectivity index (χ1) is 13.7. The van der Waals surface area contributed by atoms with Crippen LogP contribution in [0.3, 0.4) is 0 Å². The maximum atomic E-state index is 12.5. The SMILES string of the molecule is CCOc1ccc(/C=C/C(=O)N2CCN(Cc3cccnc3)CC2)cc1OC. The summed E-state index contributed by atoms with van der Waals surface area (Å²) in [5.41, 5.74) is 2.11. The maximum Gasteiger partial charge on any atom is 0.246 e. The quantitative estimate of drug-likeness (QED) is 0.691. The number of pyridine rings is 1. The number of carbonyl (C=O) groups excluding carboxylic acids is 1. The van der Waals surface area contributed by atoms with Crippen LogP contribution < -0.4 is 9.47 Å². The molecule has 0 saturated carbocycles. The zero-order valence-corrected chi connectivity index (χ0v) is 16.5. The minimum Gasteiger partial charge on any atom is -0.493 e. The third-order valence-electron chi connectivity index (χ3n) is 4.72. The number of piperazine rings is 1. The zero-order valence-electron chi connectivity index (χ0n) is 16.5. The average molecular weight is 381 g/mol. The molecule has 6 nitrogen and oxygen atoms in total. The van der Waals surface area contributed by atoms with Crippen molar-refractivity contribution in [3.05, 3.63) is 59.9 Å². The van der Waals surface area contributed by atoms with Crippen LogP contribution in [0.5, 0.6) is 11.5 Å². The van der Waals surface area contributed by atoms with Crippen LogP contribution in [0.4, 0.5) is 0 Å². The van der Waals surface area contributed by atoms with E-state index in [1.54, 1.807) is 19.4 Å². The number of hydrogen-bond acceptors (Lipinski definition) is 5. The lowest BCUT2D eigenvalue weighted by atomic mass is 10.1. The van der Waals surface area contributed by atoms with Gasteiger partial charge in [0.15, 0.2) is 11.5 Å². The van der Waals surface area contributed by atoms with Crippen molar-refractivity contribution in [2.45, 2.75) is 13.5 Å². The van der Waals surface area contributed by atoms with Crippen LogP contribution >= 0.6 is 0 Å². The molecule has 0 atom stereocenters. The van der Waals surface area contributed by atoms with Gasteiger partial charge in [-0.1, -0.05) is 12.1 Å². The van der Waals surface area contributed by atoms with E-state index in [9.17, 15) is 4.79 Å². The highest BCUT2D eigenvalue weighted by Gasteiger charge is 2.19. The summed E-state index contributed by atoms with van der Waals surface area (Å²) in [5, 5.41) is 0. The van der Waals surface area contributed by atoms with Crippen molar-refractivity contribution in [3.8, 4) is 11.5 Å². The van der Waals surface area contributed by atoms with E-state index in [1.807, 2.05) is 48.4 Å². The van der Waals surface area contributed by atoms with Crippen LogP contribution in [0.2, 0.25) is 0 Å². The second kappa shape index (κ2) is 9.90. The zero-order chi connectivity index (χ0) is 19.8. The van der Waals surface area contributed by atoms with Gasteiger partial charge in [-0.25, -0.2) is 0 Å². The van der Waals surface area contributed by atoms with Gasteiger partial charge in [-0.2, -0.15) is 0 Å². The largest absolute Gasteiger partial charge is 0.493 e. The summed E-state index contributed by atoms with van der Waals surface area (Å²) in [6, 6.07) is 9.70. The lowest BCUT2D eigenvalue weighted by molar-refractivity contribution is -0.127. The van der Waals surface area contributed by atoms with E-state index in [0.717, 1.165) is 38.3 Å². The van der Waals surface area contributed by atoms with Crippen molar-refractivity contribution in [1.29, 1.82) is 0 Å². The smallest absolute Gasteiger partial charge is 0.246 e. The molecule has 28 heavy (non-hydrogen) atoms. The Hall–Kier alpha value is -2.86. The van der Waals surface area contributed by atoms with Crippen molar-refractivity contribution in [2.24, 2.45) is 0 Å². The molecule has 148 valence electrons. The van der Waals surface area contributed by atoms with Gasteiger partial charge in [0.2, 0.25) is 5.91 Å². The molecule has 1 aliphatic rings. The molecule has 1 aromatic carbocycles. The van der Waals surface area contributed by atoms with E-state index in [2.05, 4.69) is 16.0 Å². The Morgan fingerprint density at radius 2 is 2.00 bits per heavy atom. The molecule has 0 spiro atoms. The standard InChI is InChI=1S/C22H27N3O3/c1-3-28-20-8-6-18(15-21(20)27-2)7-9-22(26)25-13-11-24(12-14-25)17-19-5-4-10-23-16-19/h4-10,15-16H,3,11-14,17H2,1-2H3/b9-7+. The lowest BCUT2D eigenvalue weighted by Gasteiger charge is -2.34. The minimum atomic E-state index is 0.0360. The van der Waals surface area contributed by atoms with Gasteiger partial charge >= 0.3 is 0 Å². The van der Waals surface area contributed by atoms with E-state index in [1.165, 1.54) is 5.56 Å². The fourth-order valence-electron chi connectivity index (χ4n) is 3.21. The fraction of sp³-hybridized carbons (Fsp3) is 0.364. The van der Waals surface area contributed by atoms with Crippen LogP contribution in [0.15, 0.2) is 48.8 Å². The van der Waals surface area contributed by atoms with E-state index in [-0.39, 0.29) is 5.91 Å².